The molecule has 0 saturated heterocycles. The summed E-state index contributed by atoms with van der Waals surface area (Å²) >= 11 is 1.72. The van der Waals surface area contributed by atoms with Crippen molar-refractivity contribution >= 4 is 75.4 Å². The molecule has 8 aromatic carbocycles. The summed E-state index contributed by atoms with van der Waals surface area (Å²) in [6.45, 7) is 0. The number of furan rings is 1. The zero-order chi connectivity index (χ0) is 41.4. The molecule has 0 aliphatic rings. The Hall–Kier alpha value is -8.33. The average Bonchev–Trinajstić information content (AvgIpc) is 4.03. The van der Waals surface area contributed by atoms with Gasteiger partial charge in [-0.25, -0.2) is 24.9 Å². The van der Waals surface area contributed by atoms with Gasteiger partial charge in [-0.15, -0.1) is 11.3 Å². The number of nitrogens with zero attached hydrogens (tertiary/aromatic N) is 6. The van der Waals surface area contributed by atoms with E-state index in [1.807, 2.05) is 72.8 Å². The molecule has 0 aliphatic heterocycles. The molecule has 5 heterocycles. The van der Waals surface area contributed by atoms with Crippen LogP contribution >= 0.6 is 11.3 Å². The molecule has 13 aromatic rings. The van der Waals surface area contributed by atoms with Crippen molar-refractivity contribution in [2.75, 3.05) is 0 Å². The second-order valence-electron chi connectivity index (χ2n) is 15.6. The minimum Gasteiger partial charge on any atom is -0.456 e. The van der Waals surface area contributed by atoms with Gasteiger partial charge in [0.1, 0.15) is 11.2 Å². The lowest BCUT2D eigenvalue weighted by atomic mass is 10.0. The van der Waals surface area contributed by atoms with Crippen LogP contribution in [-0.2, 0) is 0 Å². The fourth-order valence-electron chi connectivity index (χ4n) is 8.97. The maximum atomic E-state index is 6.71. The van der Waals surface area contributed by atoms with Gasteiger partial charge in [-0.1, -0.05) is 146 Å². The molecule has 294 valence electrons. The highest BCUT2D eigenvalue weighted by Crippen LogP contribution is 2.43. The van der Waals surface area contributed by atoms with E-state index in [1.165, 1.54) is 10.8 Å². The number of fused-ring (bicyclic) bond motifs is 9. The summed E-state index contributed by atoms with van der Waals surface area (Å²) < 4.78 is 11.2. The molecule has 63 heavy (non-hydrogen) atoms. The van der Waals surface area contributed by atoms with Gasteiger partial charge >= 0.3 is 0 Å². The molecule has 0 aliphatic carbocycles. The van der Waals surface area contributed by atoms with E-state index >= 15 is 0 Å². The second-order valence-corrected chi connectivity index (χ2v) is 16.7. The zero-order valence-electron chi connectivity index (χ0n) is 33.5. The number of para-hydroxylation sites is 2. The Morgan fingerprint density at radius 3 is 1.79 bits per heavy atom. The molecule has 0 bridgehead atoms. The predicted molar refractivity (Wildman–Crippen MR) is 257 cm³/mol. The third-order valence-corrected chi connectivity index (χ3v) is 13.0. The first-order valence-corrected chi connectivity index (χ1v) is 21.6. The van der Waals surface area contributed by atoms with E-state index in [9.17, 15) is 0 Å². The van der Waals surface area contributed by atoms with E-state index in [2.05, 4.69) is 126 Å². The van der Waals surface area contributed by atoms with Crippen LogP contribution in [0.1, 0.15) is 0 Å². The van der Waals surface area contributed by atoms with Gasteiger partial charge in [0, 0.05) is 65.1 Å². The van der Waals surface area contributed by atoms with Crippen LogP contribution in [0.2, 0.25) is 0 Å². The van der Waals surface area contributed by atoms with Crippen molar-refractivity contribution in [2.24, 2.45) is 0 Å². The number of aromatic nitrogens is 6. The van der Waals surface area contributed by atoms with Crippen LogP contribution in [0.4, 0.5) is 0 Å². The molecule has 0 N–H and O–H groups in total. The minimum absolute atomic E-state index is 0.579. The standard InChI is InChI=1S/C55H32N6OS/c1-4-15-33(16-5-1)52-58-53(34-17-6-2-7-18-34)60-55(59-52)42-23-14-25-45-48(42)40-30-27-35(32-46(40)62-45)49-51-50(41-22-11-13-26-47(41)63-51)57-54(56-49)36-28-29-39-38-21-10-12-24-43(38)61(44(39)31-36)37-19-8-3-9-20-37/h1-32H. The highest BCUT2D eigenvalue weighted by atomic mass is 32.1. The lowest BCUT2D eigenvalue weighted by molar-refractivity contribution is 0.669. The van der Waals surface area contributed by atoms with Crippen molar-refractivity contribution < 1.29 is 4.42 Å². The maximum absolute atomic E-state index is 6.71. The van der Waals surface area contributed by atoms with Crippen LogP contribution in [0.15, 0.2) is 199 Å². The molecular formula is C55H32N6OS. The first-order valence-electron chi connectivity index (χ1n) is 20.8. The summed E-state index contributed by atoms with van der Waals surface area (Å²) in [6.07, 6.45) is 0. The van der Waals surface area contributed by atoms with Gasteiger partial charge in [0.05, 0.1) is 26.9 Å². The minimum atomic E-state index is 0.579. The van der Waals surface area contributed by atoms with Gasteiger partial charge in [-0.2, -0.15) is 0 Å². The van der Waals surface area contributed by atoms with Crippen LogP contribution in [0.3, 0.4) is 0 Å². The molecule has 0 unspecified atom stereocenters. The quantitative estimate of drug-likeness (QED) is 0.166. The summed E-state index contributed by atoms with van der Waals surface area (Å²) in [4.78, 5) is 25.8. The fraction of sp³-hybridized carbons (Fsp3) is 0. The smallest absolute Gasteiger partial charge is 0.164 e. The average molecular weight is 825 g/mol. The van der Waals surface area contributed by atoms with Gasteiger partial charge in [-0.05, 0) is 48.5 Å². The van der Waals surface area contributed by atoms with Crippen molar-refractivity contribution in [1.82, 2.24) is 29.5 Å². The van der Waals surface area contributed by atoms with Crippen molar-refractivity contribution in [3.8, 4) is 62.5 Å². The number of hydrogen-bond donors (Lipinski definition) is 0. The number of hydrogen-bond acceptors (Lipinski definition) is 7. The van der Waals surface area contributed by atoms with Gasteiger partial charge in [0.15, 0.2) is 23.3 Å². The van der Waals surface area contributed by atoms with Crippen molar-refractivity contribution in [2.45, 2.75) is 0 Å². The molecule has 0 atom stereocenters. The Bertz CT molecular complexity index is 3860. The lowest BCUT2D eigenvalue weighted by Crippen LogP contribution is -2.00. The Labute approximate surface area is 364 Å². The monoisotopic (exact) mass is 824 g/mol. The first-order chi connectivity index (χ1) is 31.2. The van der Waals surface area contributed by atoms with Gasteiger partial charge in [0.2, 0.25) is 0 Å². The summed E-state index contributed by atoms with van der Waals surface area (Å²) in [6, 6.07) is 66.8. The highest BCUT2D eigenvalue weighted by molar-refractivity contribution is 7.26. The van der Waals surface area contributed by atoms with Crippen LogP contribution in [0.25, 0.3) is 127 Å². The molecule has 13 rings (SSSR count). The number of benzene rings is 8. The normalized spacial score (nSPS) is 11.8. The number of rotatable bonds is 6. The molecule has 8 heteroatoms. The Kier molecular flexibility index (Phi) is 7.94. The molecule has 0 saturated carbocycles. The van der Waals surface area contributed by atoms with Crippen molar-refractivity contribution in [1.29, 1.82) is 0 Å². The van der Waals surface area contributed by atoms with E-state index in [1.54, 1.807) is 11.3 Å². The molecule has 0 amide bonds. The van der Waals surface area contributed by atoms with E-state index in [0.29, 0.717) is 23.3 Å². The zero-order valence-corrected chi connectivity index (χ0v) is 34.3. The largest absolute Gasteiger partial charge is 0.456 e. The van der Waals surface area contributed by atoms with Gasteiger partial charge in [0.25, 0.3) is 0 Å². The molecule has 7 nitrogen and oxygen atoms in total. The third kappa shape index (κ3) is 5.76. The summed E-state index contributed by atoms with van der Waals surface area (Å²) in [5, 5.41) is 5.40. The molecule has 0 radical (unpaired) electrons. The second kappa shape index (κ2) is 14.1. The van der Waals surface area contributed by atoms with Crippen molar-refractivity contribution in [3.63, 3.8) is 0 Å². The van der Waals surface area contributed by atoms with Gasteiger partial charge < -0.3 is 8.98 Å². The Morgan fingerprint density at radius 1 is 0.397 bits per heavy atom. The summed E-state index contributed by atoms with van der Waals surface area (Å²) in [5.41, 5.74) is 11.3. The Morgan fingerprint density at radius 2 is 1.02 bits per heavy atom. The molecule has 5 aromatic heterocycles. The topological polar surface area (TPSA) is 82.5 Å². The maximum Gasteiger partial charge on any atom is 0.164 e. The molecule has 0 spiro atoms. The van der Waals surface area contributed by atoms with E-state index in [4.69, 9.17) is 29.3 Å². The SMILES string of the molecule is c1ccc(-c2nc(-c3ccccc3)nc(-c3cccc4oc5cc(-c6nc(-c7ccc8c9ccccc9n(-c9ccccc9)c8c7)nc7c6sc6ccccc67)ccc5c34)n2)cc1. The van der Waals surface area contributed by atoms with Gasteiger partial charge in [-0.3, -0.25) is 0 Å². The lowest BCUT2D eigenvalue weighted by Gasteiger charge is -2.10. The van der Waals surface area contributed by atoms with Crippen LogP contribution in [0.5, 0.6) is 0 Å². The van der Waals surface area contributed by atoms with E-state index < -0.39 is 0 Å². The fourth-order valence-corrected chi connectivity index (χ4v) is 10.1. The third-order valence-electron chi connectivity index (χ3n) is 11.9. The first kappa shape index (κ1) is 35.4. The summed E-state index contributed by atoms with van der Waals surface area (Å²) in [7, 11) is 0. The predicted octanol–water partition coefficient (Wildman–Crippen LogP) is 14.4. The van der Waals surface area contributed by atoms with E-state index in [-0.39, 0.29) is 0 Å². The van der Waals surface area contributed by atoms with E-state index in [0.717, 1.165) is 92.5 Å². The molecular weight excluding hydrogens is 793 g/mol. The Balaban J connectivity index is 0.996. The van der Waals surface area contributed by atoms with Crippen LogP contribution < -0.4 is 0 Å². The van der Waals surface area contributed by atoms with Crippen LogP contribution in [-0.4, -0.2) is 29.5 Å². The summed E-state index contributed by atoms with van der Waals surface area (Å²) in [5.74, 6) is 2.46. The molecule has 0 fully saturated rings. The number of thiophene rings is 1. The van der Waals surface area contributed by atoms with Crippen molar-refractivity contribution in [3.05, 3.63) is 194 Å². The van der Waals surface area contributed by atoms with Crippen LogP contribution in [0, 0.1) is 0 Å². The highest BCUT2D eigenvalue weighted by Gasteiger charge is 2.22.